The number of nitrogens with zero attached hydrogens (tertiary/aromatic N) is 1. The van der Waals surface area contributed by atoms with E-state index >= 15 is 0 Å². The number of fused-ring (bicyclic) bond motifs is 1. The molecule has 6 heteroatoms. The molecule has 1 aliphatic heterocycles. The Balaban J connectivity index is 1.84. The van der Waals surface area contributed by atoms with Crippen LogP contribution in [0.1, 0.15) is 18.4 Å². The van der Waals surface area contributed by atoms with Gasteiger partial charge in [0, 0.05) is 19.6 Å². The zero-order valence-electron chi connectivity index (χ0n) is 13.8. The average Bonchev–Trinajstić information content (AvgIpc) is 2.94. The van der Waals surface area contributed by atoms with E-state index in [9.17, 15) is 8.42 Å². The third-order valence-corrected chi connectivity index (χ3v) is 5.94. The highest BCUT2D eigenvalue weighted by atomic mass is 32.2. The summed E-state index contributed by atoms with van der Waals surface area (Å²) in [6.07, 6.45) is 0. The molecule has 0 saturated carbocycles. The van der Waals surface area contributed by atoms with Crippen molar-refractivity contribution in [1.82, 2.24) is 0 Å². The van der Waals surface area contributed by atoms with Crippen LogP contribution in [0.3, 0.4) is 0 Å². The summed E-state index contributed by atoms with van der Waals surface area (Å²) < 4.78 is 37.9. The summed E-state index contributed by atoms with van der Waals surface area (Å²) in [7, 11) is -1.97. The first-order valence-electron chi connectivity index (χ1n) is 7.87. The fourth-order valence-electron chi connectivity index (χ4n) is 2.88. The molecular weight excluding hydrogens is 326 g/mol. The van der Waals surface area contributed by atoms with Gasteiger partial charge in [-0.05, 0) is 35.9 Å². The Morgan fingerprint density at radius 1 is 1.08 bits per heavy atom. The van der Waals surface area contributed by atoms with Crippen LogP contribution in [0.2, 0.25) is 0 Å². The van der Waals surface area contributed by atoms with Crippen LogP contribution >= 0.6 is 0 Å². The third kappa shape index (κ3) is 3.12. The van der Waals surface area contributed by atoms with Gasteiger partial charge in [0.1, 0.15) is 12.4 Å². The monoisotopic (exact) mass is 347 g/mol. The summed E-state index contributed by atoms with van der Waals surface area (Å²) in [4.78, 5) is 0.269. The van der Waals surface area contributed by atoms with Crippen molar-refractivity contribution < 1.29 is 17.9 Å². The van der Waals surface area contributed by atoms with Gasteiger partial charge in [-0.15, -0.1) is 0 Å². The molecule has 0 amide bonds. The summed E-state index contributed by atoms with van der Waals surface area (Å²) in [5, 5.41) is 0. The van der Waals surface area contributed by atoms with Gasteiger partial charge >= 0.3 is 0 Å². The van der Waals surface area contributed by atoms with E-state index in [0.29, 0.717) is 25.5 Å². The molecule has 0 aromatic heterocycles. The number of methoxy groups -OCH3 is 1. The summed E-state index contributed by atoms with van der Waals surface area (Å²) in [5.74, 6) is 0.814. The van der Waals surface area contributed by atoms with Gasteiger partial charge < -0.3 is 9.47 Å². The second kappa shape index (κ2) is 6.83. The Labute approximate surface area is 142 Å². The Morgan fingerprint density at radius 2 is 1.79 bits per heavy atom. The number of para-hydroxylation sites is 1. The lowest BCUT2D eigenvalue weighted by Gasteiger charge is -2.20. The van der Waals surface area contributed by atoms with Gasteiger partial charge in [-0.2, -0.15) is 0 Å². The number of hydrogen-bond acceptors (Lipinski definition) is 4. The minimum absolute atomic E-state index is 0.188. The molecule has 5 nitrogen and oxygen atoms in total. The Bertz CT molecular complexity index is 802. The van der Waals surface area contributed by atoms with Crippen LogP contribution in [-0.4, -0.2) is 35.3 Å². The molecule has 0 aliphatic carbocycles. The maximum atomic E-state index is 13.0. The molecule has 0 spiro atoms. The predicted molar refractivity (Wildman–Crippen MR) is 93.2 cm³/mol. The van der Waals surface area contributed by atoms with E-state index in [4.69, 9.17) is 9.47 Å². The van der Waals surface area contributed by atoms with Crippen LogP contribution in [0.15, 0.2) is 53.4 Å². The van der Waals surface area contributed by atoms with E-state index in [1.54, 1.807) is 31.4 Å². The van der Waals surface area contributed by atoms with Gasteiger partial charge in [0.2, 0.25) is 0 Å². The molecule has 1 aliphatic rings. The third-order valence-electron chi connectivity index (χ3n) is 4.14. The number of rotatable bonds is 6. The van der Waals surface area contributed by atoms with Gasteiger partial charge in [-0.3, -0.25) is 4.31 Å². The molecule has 128 valence electrons. The number of benzene rings is 2. The first-order valence-corrected chi connectivity index (χ1v) is 9.31. The van der Waals surface area contributed by atoms with Gasteiger partial charge in [0.05, 0.1) is 17.2 Å². The molecule has 0 saturated heterocycles. The first kappa shape index (κ1) is 16.8. The fraction of sp³-hybridized carbons (Fsp3) is 0.333. The van der Waals surface area contributed by atoms with Crippen LogP contribution in [-0.2, 0) is 14.8 Å². The topological polar surface area (TPSA) is 55.8 Å². The minimum atomic E-state index is -3.57. The van der Waals surface area contributed by atoms with Crippen molar-refractivity contribution in [2.75, 3.05) is 31.2 Å². The van der Waals surface area contributed by atoms with Crippen LogP contribution in [0.5, 0.6) is 5.75 Å². The normalized spacial score (nSPS) is 16.9. The summed E-state index contributed by atoms with van der Waals surface area (Å²) in [6.45, 7) is 3.43. The minimum Gasteiger partial charge on any atom is -0.491 e. The molecule has 0 bridgehead atoms. The molecule has 24 heavy (non-hydrogen) atoms. The zero-order chi connectivity index (χ0) is 17.2. The highest BCUT2D eigenvalue weighted by Gasteiger charge is 2.34. The number of hydrogen-bond donors (Lipinski definition) is 0. The van der Waals surface area contributed by atoms with Crippen molar-refractivity contribution in [3.63, 3.8) is 0 Å². The lowest BCUT2D eigenvalue weighted by molar-refractivity contribution is 0.146. The van der Waals surface area contributed by atoms with Crippen molar-refractivity contribution in [2.45, 2.75) is 17.7 Å². The molecule has 2 aromatic rings. The molecular formula is C18H21NO4S. The maximum absolute atomic E-state index is 13.0. The van der Waals surface area contributed by atoms with E-state index in [1.165, 1.54) is 4.31 Å². The Morgan fingerprint density at radius 3 is 2.50 bits per heavy atom. The van der Waals surface area contributed by atoms with E-state index < -0.39 is 10.0 Å². The average molecular weight is 347 g/mol. The number of sulfonamides is 1. The summed E-state index contributed by atoms with van der Waals surface area (Å²) >= 11 is 0. The highest BCUT2D eigenvalue weighted by Crippen LogP contribution is 2.39. The SMILES string of the molecule is COCCOc1ccc(S(=O)(=O)N2CC(C)c3ccccc32)cc1. The van der Waals surface area contributed by atoms with Gasteiger partial charge in [-0.25, -0.2) is 8.42 Å². The molecule has 3 rings (SSSR count). The quantitative estimate of drug-likeness (QED) is 0.754. The second-order valence-corrected chi connectivity index (χ2v) is 7.67. The first-order chi connectivity index (χ1) is 11.5. The molecule has 1 heterocycles. The number of ether oxygens (including phenoxy) is 2. The van der Waals surface area contributed by atoms with Crippen molar-refractivity contribution in [3.05, 3.63) is 54.1 Å². The molecule has 0 radical (unpaired) electrons. The van der Waals surface area contributed by atoms with Crippen molar-refractivity contribution in [2.24, 2.45) is 0 Å². The van der Waals surface area contributed by atoms with Crippen molar-refractivity contribution >= 4 is 15.7 Å². The van der Waals surface area contributed by atoms with Gasteiger partial charge in [0.15, 0.2) is 0 Å². The standard InChI is InChI=1S/C18H21NO4S/c1-14-13-19(18-6-4-3-5-17(14)18)24(20,21)16-9-7-15(8-10-16)23-12-11-22-2/h3-10,14H,11-13H2,1-2H3. The number of anilines is 1. The van der Waals surface area contributed by atoms with E-state index in [-0.39, 0.29) is 10.8 Å². The Hall–Kier alpha value is -2.05. The predicted octanol–water partition coefficient (Wildman–Crippen LogP) is 3.02. The van der Waals surface area contributed by atoms with Gasteiger partial charge in [-0.1, -0.05) is 25.1 Å². The van der Waals surface area contributed by atoms with Crippen molar-refractivity contribution in [1.29, 1.82) is 0 Å². The summed E-state index contributed by atoms with van der Waals surface area (Å²) in [5.41, 5.74) is 1.84. The van der Waals surface area contributed by atoms with Crippen LogP contribution in [0.4, 0.5) is 5.69 Å². The fourth-order valence-corrected chi connectivity index (χ4v) is 4.46. The van der Waals surface area contributed by atoms with E-state index in [0.717, 1.165) is 11.3 Å². The van der Waals surface area contributed by atoms with Gasteiger partial charge in [0.25, 0.3) is 10.0 Å². The molecule has 1 unspecified atom stereocenters. The molecule has 1 atom stereocenters. The molecule has 2 aromatic carbocycles. The zero-order valence-corrected chi connectivity index (χ0v) is 14.6. The largest absolute Gasteiger partial charge is 0.491 e. The lowest BCUT2D eigenvalue weighted by atomic mass is 10.0. The Kier molecular flexibility index (Phi) is 4.78. The van der Waals surface area contributed by atoms with Crippen LogP contribution < -0.4 is 9.04 Å². The van der Waals surface area contributed by atoms with E-state index in [2.05, 4.69) is 0 Å². The second-order valence-electron chi connectivity index (χ2n) is 5.81. The van der Waals surface area contributed by atoms with E-state index in [1.807, 2.05) is 31.2 Å². The summed E-state index contributed by atoms with van der Waals surface area (Å²) in [6, 6.07) is 14.2. The smallest absolute Gasteiger partial charge is 0.264 e. The highest BCUT2D eigenvalue weighted by molar-refractivity contribution is 7.92. The van der Waals surface area contributed by atoms with Crippen molar-refractivity contribution in [3.8, 4) is 5.75 Å². The molecule has 0 fully saturated rings. The lowest BCUT2D eigenvalue weighted by Crippen LogP contribution is -2.29. The van der Waals surface area contributed by atoms with Crippen LogP contribution in [0.25, 0.3) is 0 Å². The molecule has 0 N–H and O–H groups in total. The maximum Gasteiger partial charge on any atom is 0.264 e. The van der Waals surface area contributed by atoms with Crippen LogP contribution in [0, 0.1) is 0 Å².